The Bertz CT molecular complexity index is 793. The van der Waals surface area contributed by atoms with Crippen molar-refractivity contribution < 1.29 is 19.1 Å². The van der Waals surface area contributed by atoms with E-state index in [0.717, 1.165) is 0 Å². The first-order valence-electron chi connectivity index (χ1n) is 7.29. The third-order valence-corrected chi connectivity index (χ3v) is 3.38. The van der Waals surface area contributed by atoms with Gasteiger partial charge in [-0.2, -0.15) is 0 Å². The number of nitrogens with one attached hydrogen (secondary N) is 2. The van der Waals surface area contributed by atoms with Gasteiger partial charge in [-0.3, -0.25) is 4.79 Å². The largest absolute Gasteiger partial charge is 0.449 e. The summed E-state index contributed by atoms with van der Waals surface area (Å²) in [6, 6.07) is 11.8. The van der Waals surface area contributed by atoms with Gasteiger partial charge in [-0.05, 0) is 49.4 Å². The van der Waals surface area contributed by atoms with Gasteiger partial charge in [-0.1, -0.05) is 17.7 Å². The minimum atomic E-state index is -1.02. The summed E-state index contributed by atoms with van der Waals surface area (Å²) >= 11 is 5.78. The Kier molecular flexibility index (Phi) is 5.97. The molecule has 0 heterocycles. The Hall–Kier alpha value is -3.06. The van der Waals surface area contributed by atoms with Crippen molar-refractivity contribution in [3.05, 3.63) is 59.1 Å². The van der Waals surface area contributed by atoms with Crippen LogP contribution in [-0.4, -0.2) is 24.0 Å². The first kappa shape index (κ1) is 18.3. The van der Waals surface area contributed by atoms with E-state index in [1.54, 1.807) is 36.4 Å². The topological polar surface area (TPSA) is 111 Å². The van der Waals surface area contributed by atoms with Crippen molar-refractivity contribution >= 4 is 40.9 Å². The van der Waals surface area contributed by atoms with E-state index >= 15 is 0 Å². The van der Waals surface area contributed by atoms with Gasteiger partial charge in [0, 0.05) is 16.4 Å². The molecule has 0 aromatic heterocycles. The average Bonchev–Trinajstić information content (AvgIpc) is 2.56. The van der Waals surface area contributed by atoms with Gasteiger partial charge in [-0.25, -0.2) is 9.59 Å². The van der Waals surface area contributed by atoms with Crippen LogP contribution in [0.3, 0.4) is 0 Å². The summed E-state index contributed by atoms with van der Waals surface area (Å²) < 4.78 is 5.13. The number of anilines is 2. The number of urea groups is 1. The van der Waals surface area contributed by atoms with Crippen molar-refractivity contribution in [2.75, 3.05) is 10.6 Å². The van der Waals surface area contributed by atoms with Crippen LogP contribution in [0.5, 0.6) is 0 Å². The average molecular weight is 362 g/mol. The normalized spacial score (nSPS) is 11.3. The van der Waals surface area contributed by atoms with E-state index < -0.39 is 24.0 Å². The second-order valence-electron chi connectivity index (χ2n) is 5.11. The zero-order chi connectivity index (χ0) is 18.4. The SMILES string of the molecule is C[C@H](OC(=O)c1cccc(NC(N)=O)c1)C(=O)Nc1ccc(Cl)cc1. The van der Waals surface area contributed by atoms with Gasteiger partial charge < -0.3 is 21.1 Å². The van der Waals surface area contributed by atoms with E-state index in [1.807, 2.05) is 0 Å². The summed E-state index contributed by atoms with van der Waals surface area (Å²) in [6.45, 7) is 1.45. The van der Waals surface area contributed by atoms with Crippen LogP contribution in [0.15, 0.2) is 48.5 Å². The highest BCUT2D eigenvalue weighted by Crippen LogP contribution is 2.15. The Balaban J connectivity index is 1.98. The van der Waals surface area contributed by atoms with Gasteiger partial charge in [0.05, 0.1) is 5.56 Å². The maximum Gasteiger partial charge on any atom is 0.338 e. The van der Waals surface area contributed by atoms with E-state index in [2.05, 4.69) is 10.6 Å². The van der Waals surface area contributed by atoms with Crippen LogP contribution in [0.2, 0.25) is 5.02 Å². The molecule has 3 amide bonds. The molecular weight excluding hydrogens is 346 g/mol. The summed E-state index contributed by atoms with van der Waals surface area (Å²) in [5.41, 5.74) is 6.08. The Morgan fingerprint density at radius 3 is 2.36 bits per heavy atom. The van der Waals surface area contributed by atoms with Crippen molar-refractivity contribution in [1.82, 2.24) is 0 Å². The van der Waals surface area contributed by atoms with E-state index in [4.69, 9.17) is 22.1 Å². The van der Waals surface area contributed by atoms with Crippen molar-refractivity contribution in [2.45, 2.75) is 13.0 Å². The second-order valence-corrected chi connectivity index (χ2v) is 5.55. The van der Waals surface area contributed by atoms with Crippen molar-refractivity contribution in [3.8, 4) is 0 Å². The minimum absolute atomic E-state index is 0.178. The number of carbonyl (C=O) groups excluding carboxylic acids is 3. The van der Waals surface area contributed by atoms with Gasteiger partial charge in [0.25, 0.3) is 5.91 Å². The summed E-state index contributed by atoms with van der Waals surface area (Å²) in [7, 11) is 0. The first-order chi connectivity index (χ1) is 11.8. The summed E-state index contributed by atoms with van der Waals surface area (Å²) in [4.78, 5) is 35.1. The number of halogens is 1. The number of amides is 3. The fraction of sp³-hybridized carbons (Fsp3) is 0.118. The molecule has 0 aliphatic carbocycles. The number of benzene rings is 2. The summed E-state index contributed by atoms with van der Waals surface area (Å²) in [5.74, 6) is -1.19. The van der Waals surface area contributed by atoms with Gasteiger partial charge in [-0.15, -0.1) is 0 Å². The Morgan fingerprint density at radius 2 is 1.72 bits per heavy atom. The predicted octanol–water partition coefficient (Wildman–Crippen LogP) is 3.01. The number of esters is 1. The molecule has 0 fully saturated rings. The molecule has 0 saturated carbocycles. The minimum Gasteiger partial charge on any atom is -0.449 e. The number of nitrogens with two attached hydrogens (primary N) is 1. The van der Waals surface area contributed by atoms with Gasteiger partial charge in [0.1, 0.15) is 0 Å². The third-order valence-electron chi connectivity index (χ3n) is 3.13. The molecule has 2 aromatic rings. The third kappa shape index (κ3) is 5.50. The Morgan fingerprint density at radius 1 is 1.04 bits per heavy atom. The molecule has 2 rings (SSSR count). The van der Waals surface area contributed by atoms with Crippen LogP contribution in [-0.2, 0) is 9.53 Å². The molecule has 0 spiro atoms. The van der Waals surface area contributed by atoms with E-state index in [0.29, 0.717) is 16.4 Å². The highest BCUT2D eigenvalue weighted by Gasteiger charge is 2.19. The zero-order valence-corrected chi connectivity index (χ0v) is 14.0. The quantitative estimate of drug-likeness (QED) is 0.711. The van der Waals surface area contributed by atoms with Crippen LogP contribution < -0.4 is 16.4 Å². The molecule has 2 aromatic carbocycles. The molecule has 0 aliphatic rings. The van der Waals surface area contributed by atoms with Gasteiger partial charge in [0.15, 0.2) is 6.10 Å². The van der Waals surface area contributed by atoms with E-state index in [1.165, 1.54) is 19.1 Å². The summed E-state index contributed by atoms with van der Waals surface area (Å²) in [5, 5.41) is 5.51. The number of ether oxygens (including phenoxy) is 1. The molecule has 0 unspecified atom stereocenters. The number of rotatable bonds is 5. The lowest BCUT2D eigenvalue weighted by Gasteiger charge is -2.14. The number of carbonyl (C=O) groups is 3. The maximum atomic E-state index is 12.1. The molecule has 4 N–H and O–H groups in total. The number of hydrogen-bond acceptors (Lipinski definition) is 4. The Labute approximate surface area is 149 Å². The van der Waals surface area contributed by atoms with Crippen LogP contribution in [0.4, 0.5) is 16.2 Å². The van der Waals surface area contributed by atoms with Crippen molar-refractivity contribution in [3.63, 3.8) is 0 Å². The van der Waals surface area contributed by atoms with Crippen LogP contribution in [0.1, 0.15) is 17.3 Å². The molecule has 130 valence electrons. The highest BCUT2D eigenvalue weighted by molar-refractivity contribution is 6.30. The van der Waals surface area contributed by atoms with Crippen molar-refractivity contribution in [1.29, 1.82) is 0 Å². The van der Waals surface area contributed by atoms with Crippen LogP contribution in [0, 0.1) is 0 Å². The molecule has 0 radical (unpaired) electrons. The molecule has 8 heteroatoms. The standard InChI is InChI=1S/C17H16ClN3O4/c1-10(15(22)20-13-7-5-12(18)6-8-13)25-16(23)11-3-2-4-14(9-11)21-17(19)24/h2-10H,1H3,(H,20,22)(H3,19,21,24)/t10-/m0/s1. The molecule has 25 heavy (non-hydrogen) atoms. The van der Waals surface area contributed by atoms with Crippen LogP contribution in [0.25, 0.3) is 0 Å². The lowest BCUT2D eigenvalue weighted by atomic mass is 10.2. The molecule has 1 atom stereocenters. The molecule has 7 nitrogen and oxygen atoms in total. The zero-order valence-electron chi connectivity index (χ0n) is 13.3. The van der Waals surface area contributed by atoms with E-state index in [9.17, 15) is 14.4 Å². The molecule has 0 bridgehead atoms. The highest BCUT2D eigenvalue weighted by atomic mass is 35.5. The first-order valence-corrected chi connectivity index (χ1v) is 7.67. The second kappa shape index (κ2) is 8.16. The number of primary amides is 1. The number of hydrogen-bond donors (Lipinski definition) is 3. The van der Waals surface area contributed by atoms with Gasteiger partial charge >= 0.3 is 12.0 Å². The summed E-state index contributed by atoms with van der Waals surface area (Å²) in [6.07, 6.45) is -1.02. The van der Waals surface area contributed by atoms with Crippen molar-refractivity contribution in [2.24, 2.45) is 5.73 Å². The van der Waals surface area contributed by atoms with E-state index in [-0.39, 0.29) is 5.56 Å². The monoisotopic (exact) mass is 361 g/mol. The lowest BCUT2D eigenvalue weighted by molar-refractivity contribution is -0.123. The molecular formula is C17H16ClN3O4. The molecule has 0 aliphatic heterocycles. The fourth-order valence-electron chi connectivity index (χ4n) is 1.93. The maximum absolute atomic E-state index is 12.1. The van der Waals surface area contributed by atoms with Gasteiger partial charge in [0.2, 0.25) is 0 Å². The smallest absolute Gasteiger partial charge is 0.338 e. The fourth-order valence-corrected chi connectivity index (χ4v) is 2.05. The molecule has 0 saturated heterocycles. The predicted molar refractivity (Wildman–Crippen MR) is 94.6 cm³/mol. The lowest BCUT2D eigenvalue weighted by Crippen LogP contribution is -2.30. The van der Waals surface area contributed by atoms with Crippen LogP contribution >= 0.6 is 11.6 Å².